The van der Waals surface area contributed by atoms with Gasteiger partial charge in [0.1, 0.15) is 0 Å². The van der Waals surface area contributed by atoms with Crippen LogP contribution in [0.5, 0.6) is 0 Å². The number of rotatable bonds is 0. The lowest BCUT2D eigenvalue weighted by molar-refractivity contribution is 0.311. The molecule has 0 atom stereocenters. The van der Waals surface area contributed by atoms with Gasteiger partial charge in [0.25, 0.3) is 0 Å². The lowest BCUT2D eigenvalue weighted by Crippen LogP contribution is -2.06. The Bertz CT molecular complexity index is 663. The Kier molecular flexibility index (Phi) is 1.45. The molecule has 82 valence electrons. The monoisotopic (exact) mass is 226 g/mol. The van der Waals surface area contributed by atoms with Gasteiger partial charge in [-0.25, -0.2) is 4.63 Å². The van der Waals surface area contributed by atoms with Gasteiger partial charge in [-0.2, -0.15) is 0 Å². The minimum absolute atomic E-state index is 0.570. The number of aromatic nitrogens is 4. The van der Waals surface area contributed by atoms with Gasteiger partial charge >= 0.3 is 0 Å². The molecule has 1 aliphatic rings. The van der Waals surface area contributed by atoms with E-state index < -0.39 is 0 Å². The molecule has 2 N–H and O–H groups in total. The molecule has 0 amide bonds. The fourth-order valence-corrected chi connectivity index (χ4v) is 1.83. The average molecular weight is 226 g/mol. The summed E-state index contributed by atoms with van der Waals surface area (Å²) in [6.45, 7) is 0. The van der Waals surface area contributed by atoms with Crippen LogP contribution < -0.4 is 10.6 Å². The summed E-state index contributed by atoms with van der Waals surface area (Å²) in [4.78, 5) is 8.49. The van der Waals surface area contributed by atoms with Crippen LogP contribution >= 0.6 is 0 Å². The van der Waals surface area contributed by atoms with Crippen LogP contribution in [0.2, 0.25) is 0 Å². The summed E-state index contributed by atoms with van der Waals surface area (Å²) in [5.41, 5.74) is 3.39. The topological polar surface area (TPSA) is 88.8 Å². The predicted octanol–water partition coefficient (Wildman–Crippen LogP) is 1.81. The SMILES string of the molecule is c1cnc2cc3c(cc2n1)Nc1nonc1N3. The van der Waals surface area contributed by atoms with Gasteiger partial charge in [-0.1, -0.05) is 0 Å². The summed E-state index contributed by atoms with van der Waals surface area (Å²) in [6, 6.07) is 3.81. The predicted molar refractivity (Wildman–Crippen MR) is 60.4 cm³/mol. The zero-order chi connectivity index (χ0) is 11.2. The van der Waals surface area contributed by atoms with Crippen molar-refractivity contribution in [3.05, 3.63) is 24.5 Å². The van der Waals surface area contributed by atoms with E-state index in [2.05, 4.69) is 35.5 Å². The van der Waals surface area contributed by atoms with E-state index in [1.54, 1.807) is 12.4 Å². The van der Waals surface area contributed by atoms with Crippen molar-refractivity contribution in [2.75, 3.05) is 10.6 Å². The standard InChI is InChI=1S/C10H6N6O/c1-2-12-6-4-8-7(3-5(6)11-1)13-9-10(14-8)16-17-15-9/h1-4H,(H,13,15)(H,14,16). The number of nitrogens with one attached hydrogen (secondary N) is 2. The van der Waals surface area contributed by atoms with Crippen molar-refractivity contribution in [1.29, 1.82) is 0 Å². The first-order valence-corrected chi connectivity index (χ1v) is 5.01. The number of hydrogen-bond donors (Lipinski definition) is 2. The van der Waals surface area contributed by atoms with E-state index in [4.69, 9.17) is 0 Å². The second kappa shape index (κ2) is 2.91. The second-order valence-corrected chi connectivity index (χ2v) is 3.65. The fraction of sp³-hybridized carbons (Fsp3) is 0. The van der Waals surface area contributed by atoms with Crippen LogP contribution in [-0.2, 0) is 0 Å². The molecule has 17 heavy (non-hydrogen) atoms. The van der Waals surface area contributed by atoms with Crippen LogP contribution in [0, 0.1) is 0 Å². The first kappa shape index (κ1) is 8.45. The van der Waals surface area contributed by atoms with Crippen molar-refractivity contribution in [2.24, 2.45) is 0 Å². The molecule has 2 aromatic heterocycles. The molecule has 0 saturated carbocycles. The maximum absolute atomic E-state index is 4.64. The second-order valence-electron chi connectivity index (χ2n) is 3.65. The Balaban J connectivity index is 1.95. The molecule has 0 spiro atoms. The van der Waals surface area contributed by atoms with E-state index in [0.717, 1.165) is 22.4 Å². The first-order valence-electron chi connectivity index (χ1n) is 5.01. The maximum atomic E-state index is 4.64. The Morgan fingerprint density at radius 1 is 0.824 bits per heavy atom. The molecule has 0 saturated heterocycles. The quantitative estimate of drug-likeness (QED) is 0.472. The van der Waals surface area contributed by atoms with Crippen LogP contribution in [0.3, 0.4) is 0 Å². The highest BCUT2D eigenvalue weighted by Gasteiger charge is 2.19. The van der Waals surface area contributed by atoms with Crippen LogP contribution in [0.1, 0.15) is 0 Å². The fourth-order valence-electron chi connectivity index (χ4n) is 1.83. The maximum Gasteiger partial charge on any atom is 0.220 e. The zero-order valence-electron chi connectivity index (χ0n) is 8.51. The highest BCUT2D eigenvalue weighted by molar-refractivity contribution is 5.94. The van der Waals surface area contributed by atoms with E-state index in [1.807, 2.05) is 12.1 Å². The van der Waals surface area contributed by atoms with Crippen LogP contribution in [-0.4, -0.2) is 20.3 Å². The summed E-state index contributed by atoms with van der Waals surface area (Å²) >= 11 is 0. The Morgan fingerprint density at radius 2 is 1.35 bits per heavy atom. The lowest BCUT2D eigenvalue weighted by Gasteiger charge is -2.16. The third kappa shape index (κ3) is 1.16. The highest BCUT2D eigenvalue weighted by atomic mass is 16.6. The van der Waals surface area contributed by atoms with Gasteiger partial charge in [0.05, 0.1) is 22.4 Å². The van der Waals surface area contributed by atoms with Gasteiger partial charge in [0, 0.05) is 12.4 Å². The van der Waals surface area contributed by atoms with E-state index in [1.165, 1.54) is 0 Å². The Morgan fingerprint density at radius 3 is 1.88 bits per heavy atom. The minimum Gasteiger partial charge on any atom is -0.332 e. The summed E-state index contributed by atoms with van der Waals surface area (Å²) in [6.07, 6.45) is 3.32. The number of nitrogens with zero attached hydrogens (tertiary/aromatic N) is 4. The molecule has 0 radical (unpaired) electrons. The number of anilines is 4. The first-order chi connectivity index (χ1) is 8.40. The van der Waals surface area contributed by atoms with Crippen molar-refractivity contribution in [1.82, 2.24) is 20.3 Å². The van der Waals surface area contributed by atoms with Gasteiger partial charge < -0.3 is 10.6 Å². The van der Waals surface area contributed by atoms with Crippen LogP contribution in [0.25, 0.3) is 11.0 Å². The van der Waals surface area contributed by atoms with Crippen molar-refractivity contribution in [3.63, 3.8) is 0 Å². The third-order valence-corrected chi connectivity index (χ3v) is 2.60. The molecule has 7 nitrogen and oxygen atoms in total. The van der Waals surface area contributed by atoms with Gasteiger partial charge in [-0.3, -0.25) is 9.97 Å². The highest BCUT2D eigenvalue weighted by Crippen LogP contribution is 2.37. The molecule has 7 heteroatoms. The Hall–Kier alpha value is -2.70. The number of benzene rings is 1. The summed E-state index contributed by atoms with van der Waals surface area (Å²) < 4.78 is 4.64. The number of hydrogen-bond acceptors (Lipinski definition) is 7. The molecule has 0 unspecified atom stereocenters. The van der Waals surface area contributed by atoms with Crippen molar-refractivity contribution in [3.8, 4) is 0 Å². The Labute approximate surface area is 94.8 Å². The van der Waals surface area contributed by atoms with Crippen LogP contribution in [0.15, 0.2) is 29.2 Å². The van der Waals surface area contributed by atoms with Gasteiger partial charge in [0.2, 0.25) is 11.6 Å². The molecule has 3 heterocycles. The van der Waals surface area contributed by atoms with E-state index in [9.17, 15) is 0 Å². The van der Waals surface area contributed by atoms with Gasteiger partial charge in [0.15, 0.2) is 0 Å². The van der Waals surface area contributed by atoms with E-state index in [-0.39, 0.29) is 0 Å². The zero-order valence-corrected chi connectivity index (χ0v) is 8.51. The van der Waals surface area contributed by atoms with Gasteiger partial charge in [-0.15, -0.1) is 0 Å². The normalized spacial score (nSPS) is 12.5. The minimum atomic E-state index is 0.570. The molecule has 0 aliphatic carbocycles. The molecule has 3 aromatic rings. The van der Waals surface area contributed by atoms with E-state index >= 15 is 0 Å². The van der Waals surface area contributed by atoms with Crippen molar-refractivity contribution in [2.45, 2.75) is 0 Å². The van der Waals surface area contributed by atoms with Gasteiger partial charge in [-0.05, 0) is 22.4 Å². The van der Waals surface area contributed by atoms with Crippen molar-refractivity contribution < 1.29 is 4.63 Å². The largest absolute Gasteiger partial charge is 0.332 e. The molecule has 0 bridgehead atoms. The third-order valence-electron chi connectivity index (χ3n) is 2.60. The van der Waals surface area contributed by atoms with Crippen molar-refractivity contribution >= 4 is 34.0 Å². The van der Waals surface area contributed by atoms with Crippen LogP contribution in [0.4, 0.5) is 23.0 Å². The molecule has 4 rings (SSSR count). The molecule has 1 aromatic carbocycles. The smallest absolute Gasteiger partial charge is 0.220 e. The summed E-state index contributed by atoms with van der Waals surface area (Å²) in [5.74, 6) is 1.14. The molecular weight excluding hydrogens is 220 g/mol. The van der Waals surface area contributed by atoms with E-state index in [0.29, 0.717) is 11.6 Å². The lowest BCUT2D eigenvalue weighted by atomic mass is 10.2. The molecule has 1 aliphatic heterocycles. The summed E-state index contributed by atoms with van der Waals surface area (Å²) in [5, 5.41) is 13.7. The average Bonchev–Trinajstić information content (AvgIpc) is 2.80. The number of fused-ring (bicyclic) bond motifs is 3. The molecular formula is C10H6N6O. The molecule has 0 fully saturated rings. The summed E-state index contributed by atoms with van der Waals surface area (Å²) in [7, 11) is 0.